The minimum absolute atomic E-state index is 0.0232. The molecule has 0 N–H and O–H groups in total. The highest BCUT2D eigenvalue weighted by atomic mass is 35.5. The number of amides is 1. The van der Waals surface area contributed by atoms with Crippen molar-refractivity contribution in [2.75, 3.05) is 62.3 Å². The van der Waals surface area contributed by atoms with Crippen LogP contribution in [-0.2, 0) is 4.74 Å². The summed E-state index contributed by atoms with van der Waals surface area (Å²) in [7, 11) is 0. The average molecular weight is 402 g/mol. The lowest BCUT2D eigenvalue weighted by molar-refractivity contribution is 0.0746. The zero-order valence-corrected chi connectivity index (χ0v) is 16.7. The maximum Gasteiger partial charge on any atom is 0.254 e. The van der Waals surface area contributed by atoms with Gasteiger partial charge in [0, 0.05) is 61.6 Å². The van der Waals surface area contributed by atoms with E-state index in [1.807, 2.05) is 30.0 Å². The number of aromatic nitrogens is 2. The lowest BCUT2D eigenvalue weighted by Gasteiger charge is -2.36. The van der Waals surface area contributed by atoms with E-state index >= 15 is 0 Å². The maximum atomic E-state index is 12.7. The summed E-state index contributed by atoms with van der Waals surface area (Å²) < 4.78 is 5.42. The first kappa shape index (κ1) is 19.0. The largest absolute Gasteiger partial charge is 0.378 e. The Morgan fingerprint density at radius 2 is 1.75 bits per heavy atom. The number of hydrogen-bond acceptors (Lipinski definition) is 6. The Morgan fingerprint density at radius 3 is 2.46 bits per heavy atom. The number of nitrogens with zero attached hydrogens (tertiary/aromatic N) is 5. The molecular weight excluding hydrogens is 378 g/mol. The average Bonchev–Trinajstić information content (AvgIpc) is 2.73. The van der Waals surface area contributed by atoms with E-state index in [4.69, 9.17) is 21.3 Å². The number of morpholine rings is 1. The summed E-state index contributed by atoms with van der Waals surface area (Å²) in [6.07, 6.45) is 0. The molecule has 148 valence electrons. The van der Waals surface area contributed by atoms with Crippen LogP contribution in [0.3, 0.4) is 0 Å². The molecule has 8 heteroatoms. The van der Waals surface area contributed by atoms with Crippen LogP contribution in [0, 0.1) is 6.92 Å². The fourth-order valence-corrected chi connectivity index (χ4v) is 3.74. The van der Waals surface area contributed by atoms with Crippen molar-refractivity contribution >= 4 is 29.3 Å². The second-order valence-corrected chi connectivity index (χ2v) is 7.49. The molecule has 0 aliphatic carbocycles. The second-order valence-electron chi connectivity index (χ2n) is 7.06. The Hall–Kier alpha value is -2.38. The molecule has 7 nitrogen and oxygen atoms in total. The molecule has 0 spiro atoms. The Kier molecular flexibility index (Phi) is 5.64. The van der Waals surface area contributed by atoms with Gasteiger partial charge >= 0.3 is 0 Å². The summed E-state index contributed by atoms with van der Waals surface area (Å²) in [5, 5.41) is 0.580. The minimum atomic E-state index is 0.0232. The van der Waals surface area contributed by atoms with E-state index in [0.29, 0.717) is 36.9 Å². The van der Waals surface area contributed by atoms with Crippen LogP contribution in [-0.4, -0.2) is 73.3 Å². The molecule has 1 aromatic heterocycles. The third-order valence-electron chi connectivity index (χ3n) is 5.09. The zero-order chi connectivity index (χ0) is 19.5. The highest BCUT2D eigenvalue weighted by molar-refractivity contribution is 6.30. The van der Waals surface area contributed by atoms with Gasteiger partial charge in [0.1, 0.15) is 5.82 Å². The van der Waals surface area contributed by atoms with Crippen molar-refractivity contribution in [1.82, 2.24) is 14.9 Å². The number of piperazine rings is 1. The topological polar surface area (TPSA) is 61.8 Å². The lowest BCUT2D eigenvalue weighted by Crippen LogP contribution is -2.49. The molecule has 0 atom stereocenters. The van der Waals surface area contributed by atoms with E-state index in [9.17, 15) is 4.79 Å². The van der Waals surface area contributed by atoms with E-state index in [1.165, 1.54) is 0 Å². The summed E-state index contributed by atoms with van der Waals surface area (Å²) in [5.74, 6) is 1.70. The summed E-state index contributed by atoms with van der Waals surface area (Å²) in [6, 6.07) is 9.13. The first-order chi connectivity index (χ1) is 13.6. The fraction of sp³-hybridized carbons (Fsp3) is 0.450. The highest BCUT2D eigenvalue weighted by Gasteiger charge is 2.24. The number of hydrogen-bond donors (Lipinski definition) is 0. The van der Waals surface area contributed by atoms with Gasteiger partial charge in [0.15, 0.2) is 0 Å². The lowest BCUT2D eigenvalue weighted by atomic mass is 10.2. The fourth-order valence-electron chi connectivity index (χ4n) is 3.55. The smallest absolute Gasteiger partial charge is 0.254 e. The van der Waals surface area contributed by atoms with Crippen LogP contribution in [0.25, 0.3) is 0 Å². The van der Waals surface area contributed by atoms with E-state index in [2.05, 4.69) is 14.8 Å². The molecule has 1 aromatic carbocycles. The molecule has 2 aliphatic rings. The molecule has 0 unspecified atom stereocenters. The van der Waals surface area contributed by atoms with Gasteiger partial charge in [0.05, 0.1) is 13.2 Å². The van der Waals surface area contributed by atoms with E-state index in [-0.39, 0.29) is 5.91 Å². The SMILES string of the molecule is Cc1cc(N2CCN(C(=O)c3cccc(Cl)c3)CC2)nc(N2CCOCC2)n1. The molecule has 3 heterocycles. The number of benzene rings is 1. The van der Waals surface area contributed by atoms with Crippen molar-refractivity contribution in [3.8, 4) is 0 Å². The maximum absolute atomic E-state index is 12.7. The van der Waals surface area contributed by atoms with Crippen molar-refractivity contribution in [2.24, 2.45) is 0 Å². The summed E-state index contributed by atoms with van der Waals surface area (Å²) >= 11 is 6.02. The van der Waals surface area contributed by atoms with Crippen molar-refractivity contribution in [3.63, 3.8) is 0 Å². The summed E-state index contributed by atoms with van der Waals surface area (Å²) in [5.41, 5.74) is 1.58. The van der Waals surface area contributed by atoms with Crippen LogP contribution in [0.15, 0.2) is 30.3 Å². The zero-order valence-electron chi connectivity index (χ0n) is 16.0. The molecule has 0 bridgehead atoms. The Morgan fingerprint density at radius 1 is 1.00 bits per heavy atom. The molecule has 2 aliphatic heterocycles. The van der Waals surface area contributed by atoms with Gasteiger partial charge in [0.25, 0.3) is 5.91 Å². The van der Waals surface area contributed by atoms with Crippen molar-refractivity contribution in [2.45, 2.75) is 6.92 Å². The van der Waals surface area contributed by atoms with Crippen LogP contribution in [0.5, 0.6) is 0 Å². The second kappa shape index (κ2) is 8.32. The van der Waals surface area contributed by atoms with Gasteiger partial charge in [-0.25, -0.2) is 4.98 Å². The van der Waals surface area contributed by atoms with Crippen LogP contribution in [0.4, 0.5) is 11.8 Å². The predicted molar refractivity (Wildman–Crippen MR) is 109 cm³/mol. The molecule has 1 amide bonds. The van der Waals surface area contributed by atoms with Crippen molar-refractivity contribution in [1.29, 1.82) is 0 Å². The number of anilines is 2. The van der Waals surface area contributed by atoms with E-state index in [0.717, 1.165) is 43.6 Å². The molecule has 4 rings (SSSR count). The quantitative estimate of drug-likeness (QED) is 0.786. The van der Waals surface area contributed by atoms with Gasteiger partial charge in [-0.05, 0) is 25.1 Å². The molecule has 2 saturated heterocycles. The Balaban J connectivity index is 1.43. The number of rotatable bonds is 3. The van der Waals surface area contributed by atoms with Crippen LogP contribution in [0.2, 0.25) is 5.02 Å². The third kappa shape index (κ3) is 4.20. The number of ether oxygens (including phenoxy) is 1. The van der Waals surface area contributed by atoms with Gasteiger partial charge in [-0.1, -0.05) is 17.7 Å². The predicted octanol–water partition coefficient (Wildman–Crippen LogP) is 2.24. The summed E-state index contributed by atoms with van der Waals surface area (Å²) in [6.45, 7) is 7.82. The standard InChI is InChI=1S/C20H24ClN5O2/c1-15-13-18(23-20(22-15)26-9-11-28-12-10-26)24-5-7-25(8-6-24)19(27)16-3-2-4-17(21)14-16/h2-4,13-14H,5-12H2,1H3. The summed E-state index contributed by atoms with van der Waals surface area (Å²) in [4.78, 5) is 28.4. The van der Waals surface area contributed by atoms with Gasteiger partial charge in [0.2, 0.25) is 5.95 Å². The van der Waals surface area contributed by atoms with Gasteiger partial charge in [-0.2, -0.15) is 4.98 Å². The Labute approximate surface area is 169 Å². The van der Waals surface area contributed by atoms with Gasteiger partial charge in [-0.3, -0.25) is 4.79 Å². The van der Waals surface area contributed by atoms with E-state index in [1.54, 1.807) is 12.1 Å². The van der Waals surface area contributed by atoms with Gasteiger partial charge < -0.3 is 19.4 Å². The molecule has 2 aromatic rings. The van der Waals surface area contributed by atoms with Crippen molar-refractivity contribution < 1.29 is 9.53 Å². The van der Waals surface area contributed by atoms with Crippen LogP contribution in [0.1, 0.15) is 16.1 Å². The van der Waals surface area contributed by atoms with Gasteiger partial charge in [-0.15, -0.1) is 0 Å². The molecule has 28 heavy (non-hydrogen) atoms. The first-order valence-corrected chi connectivity index (χ1v) is 9.96. The number of halogens is 1. The van der Waals surface area contributed by atoms with E-state index < -0.39 is 0 Å². The third-order valence-corrected chi connectivity index (χ3v) is 5.32. The molecular formula is C20H24ClN5O2. The molecule has 2 fully saturated rings. The number of aryl methyl sites for hydroxylation is 1. The number of carbonyl (C=O) groups excluding carboxylic acids is 1. The van der Waals surface area contributed by atoms with Crippen molar-refractivity contribution in [3.05, 3.63) is 46.6 Å². The van der Waals surface area contributed by atoms with Crippen LogP contribution < -0.4 is 9.80 Å². The monoisotopic (exact) mass is 401 g/mol. The highest BCUT2D eigenvalue weighted by Crippen LogP contribution is 2.21. The first-order valence-electron chi connectivity index (χ1n) is 9.58. The van der Waals surface area contributed by atoms with Crippen LogP contribution >= 0.6 is 11.6 Å². The molecule has 0 saturated carbocycles. The number of carbonyl (C=O) groups is 1. The normalized spacial score (nSPS) is 17.7. The minimum Gasteiger partial charge on any atom is -0.378 e. The molecule has 0 radical (unpaired) electrons. The Bertz CT molecular complexity index is 848.